The zero-order chi connectivity index (χ0) is 17.7. The summed E-state index contributed by atoms with van der Waals surface area (Å²) in [7, 11) is 0. The number of nitrogens with zero attached hydrogens (tertiary/aromatic N) is 2. The zero-order valence-corrected chi connectivity index (χ0v) is 14.5. The van der Waals surface area contributed by atoms with Crippen LogP contribution in [0.4, 0.5) is 0 Å². The Hall–Kier alpha value is -2.66. The Kier molecular flexibility index (Phi) is 3.62. The van der Waals surface area contributed by atoms with Gasteiger partial charge in [-0.15, -0.1) is 0 Å². The Balaban J connectivity index is 2.06. The van der Waals surface area contributed by atoms with Crippen LogP contribution >= 0.6 is 11.6 Å². The molecule has 1 aliphatic rings. The summed E-state index contributed by atoms with van der Waals surface area (Å²) < 4.78 is 5.85. The lowest BCUT2D eigenvalue weighted by Crippen LogP contribution is -2.29. The van der Waals surface area contributed by atoms with Gasteiger partial charge in [0.1, 0.15) is 5.58 Å². The summed E-state index contributed by atoms with van der Waals surface area (Å²) in [4.78, 5) is 31.6. The second-order valence-electron chi connectivity index (χ2n) is 6.05. The highest BCUT2D eigenvalue weighted by molar-refractivity contribution is 6.32. The van der Waals surface area contributed by atoms with Crippen molar-refractivity contribution >= 4 is 28.5 Å². The third-order valence-electron chi connectivity index (χ3n) is 4.61. The Morgan fingerprint density at radius 1 is 1.24 bits per heavy atom. The lowest BCUT2D eigenvalue weighted by molar-refractivity contribution is 0.0737. The Morgan fingerprint density at radius 2 is 1.96 bits per heavy atom. The normalized spacial score (nSPS) is 16.5. The number of pyridine rings is 1. The van der Waals surface area contributed by atoms with Gasteiger partial charge in [0, 0.05) is 24.0 Å². The Morgan fingerprint density at radius 3 is 2.64 bits per heavy atom. The summed E-state index contributed by atoms with van der Waals surface area (Å²) >= 11 is 6.18. The van der Waals surface area contributed by atoms with Gasteiger partial charge in [-0.2, -0.15) is 0 Å². The van der Waals surface area contributed by atoms with Crippen molar-refractivity contribution in [1.82, 2.24) is 9.88 Å². The minimum atomic E-state index is -0.476. The van der Waals surface area contributed by atoms with E-state index in [1.54, 1.807) is 29.4 Å². The van der Waals surface area contributed by atoms with E-state index in [9.17, 15) is 9.59 Å². The molecule has 0 aliphatic carbocycles. The van der Waals surface area contributed by atoms with Crippen LogP contribution < -0.4 is 5.43 Å². The fourth-order valence-corrected chi connectivity index (χ4v) is 3.52. The third kappa shape index (κ3) is 2.27. The molecule has 0 saturated heterocycles. The van der Waals surface area contributed by atoms with Crippen LogP contribution in [0.25, 0.3) is 11.0 Å². The van der Waals surface area contributed by atoms with Crippen molar-refractivity contribution in [3.63, 3.8) is 0 Å². The highest BCUT2D eigenvalue weighted by atomic mass is 35.5. The fraction of sp³-hybridized carbons (Fsp3) is 0.211. The van der Waals surface area contributed by atoms with E-state index in [0.29, 0.717) is 28.1 Å². The first-order chi connectivity index (χ1) is 12.0. The summed E-state index contributed by atoms with van der Waals surface area (Å²) in [5.41, 5.74) is 2.15. The van der Waals surface area contributed by atoms with Crippen LogP contribution in [0.15, 0.2) is 45.9 Å². The third-order valence-corrected chi connectivity index (χ3v) is 5.02. The minimum Gasteiger partial charge on any atom is -0.450 e. The molecule has 3 aromatic rings. The average molecular weight is 355 g/mol. The quantitative estimate of drug-likeness (QED) is 0.703. The number of benzene rings is 1. The van der Waals surface area contributed by atoms with Crippen LogP contribution in [0.5, 0.6) is 0 Å². The van der Waals surface area contributed by atoms with E-state index >= 15 is 0 Å². The first kappa shape index (κ1) is 15.8. The molecule has 6 heteroatoms. The molecule has 0 fully saturated rings. The standard InChI is InChI=1S/C19H15ClN2O3/c1-3-22-16(11-4-6-21-7-5-11)15-17(23)12-9-13(20)10(2)8-14(12)25-18(15)19(22)24/h4-9,16H,3H2,1-2H3. The molecule has 126 valence electrons. The average Bonchev–Trinajstić information content (AvgIpc) is 2.90. The van der Waals surface area contributed by atoms with E-state index in [1.807, 2.05) is 26.0 Å². The van der Waals surface area contributed by atoms with E-state index in [-0.39, 0.29) is 17.1 Å². The number of halogens is 1. The van der Waals surface area contributed by atoms with Crippen molar-refractivity contribution in [2.24, 2.45) is 0 Å². The van der Waals surface area contributed by atoms with Crippen molar-refractivity contribution < 1.29 is 9.21 Å². The van der Waals surface area contributed by atoms with Crippen LogP contribution in [0.1, 0.15) is 40.2 Å². The predicted molar refractivity (Wildman–Crippen MR) is 95.0 cm³/mol. The van der Waals surface area contributed by atoms with Crippen LogP contribution in [-0.4, -0.2) is 22.3 Å². The topological polar surface area (TPSA) is 63.4 Å². The summed E-state index contributed by atoms with van der Waals surface area (Å²) in [5, 5.41) is 0.885. The maximum absolute atomic E-state index is 13.2. The molecule has 1 aliphatic heterocycles. The SMILES string of the molecule is CCN1C(=O)c2oc3cc(C)c(Cl)cc3c(=O)c2C1c1ccncc1. The van der Waals surface area contributed by atoms with Crippen LogP contribution in [0.2, 0.25) is 5.02 Å². The molecule has 3 heterocycles. The summed E-state index contributed by atoms with van der Waals surface area (Å²) in [6.07, 6.45) is 3.29. The number of rotatable bonds is 2. The predicted octanol–water partition coefficient (Wildman–Crippen LogP) is 3.71. The van der Waals surface area contributed by atoms with E-state index < -0.39 is 6.04 Å². The van der Waals surface area contributed by atoms with Crippen molar-refractivity contribution in [2.75, 3.05) is 6.54 Å². The van der Waals surface area contributed by atoms with Gasteiger partial charge in [-0.1, -0.05) is 11.6 Å². The van der Waals surface area contributed by atoms with Crippen LogP contribution in [0.3, 0.4) is 0 Å². The smallest absolute Gasteiger partial charge is 0.290 e. The second-order valence-corrected chi connectivity index (χ2v) is 6.45. The number of amides is 1. The fourth-order valence-electron chi connectivity index (χ4n) is 3.36. The maximum atomic E-state index is 13.2. The molecule has 0 bridgehead atoms. The van der Waals surface area contributed by atoms with Gasteiger partial charge in [-0.25, -0.2) is 0 Å². The molecule has 0 N–H and O–H groups in total. The lowest BCUT2D eigenvalue weighted by atomic mass is 9.99. The highest BCUT2D eigenvalue weighted by Gasteiger charge is 2.41. The number of carbonyl (C=O) groups is 1. The van der Waals surface area contributed by atoms with Gasteiger partial charge in [0.15, 0.2) is 5.43 Å². The monoisotopic (exact) mass is 354 g/mol. The molecule has 0 spiro atoms. The van der Waals surface area contributed by atoms with E-state index in [4.69, 9.17) is 16.0 Å². The highest BCUT2D eigenvalue weighted by Crippen LogP contribution is 2.38. The minimum absolute atomic E-state index is 0.114. The molecule has 0 saturated carbocycles. The van der Waals surface area contributed by atoms with Gasteiger partial charge in [-0.3, -0.25) is 14.6 Å². The summed E-state index contributed by atoms with van der Waals surface area (Å²) in [5.74, 6) is -0.159. The molecular formula is C19H15ClN2O3. The number of aromatic nitrogens is 1. The maximum Gasteiger partial charge on any atom is 0.290 e. The largest absolute Gasteiger partial charge is 0.450 e. The summed E-state index contributed by atoms with van der Waals surface area (Å²) in [6, 6.07) is 6.45. The van der Waals surface area contributed by atoms with Crippen LogP contribution in [0, 0.1) is 6.92 Å². The van der Waals surface area contributed by atoms with Gasteiger partial charge in [-0.05, 0) is 49.2 Å². The van der Waals surface area contributed by atoms with Gasteiger partial charge in [0.05, 0.1) is 17.0 Å². The summed E-state index contributed by atoms with van der Waals surface area (Å²) in [6.45, 7) is 4.17. The number of hydrogen-bond donors (Lipinski definition) is 0. The molecule has 1 amide bonds. The molecule has 5 nitrogen and oxygen atoms in total. The van der Waals surface area contributed by atoms with E-state index in [0.717, 1.165) is 11.1 Å². The lowest BCUT2D eigenvalue weighted by Gasteiger charge is -2.23. The molecule has 1 atom stereocenters. The molecule has 25 heavy (non-hydrogen) atoms. The molecule has 4 rings (SSSR count). The van der Waals surface area contributed by atoms with E-state index in [1.165, 1.54) is 0 Å². The first-order valence-corrected chi connectivity index (χ1v) is 8.38. The van der Waals surface area contributed by atoms with Gasteiger partial charge in [0.25, 0.3) is 5.91 Å². The first-order valence-electron chi connectivity index (χ1n) is 8.00. The van der Waals surface area contributed by atoms with Crippen LogP contribution in [-0.2, 0) is 0 Å². The number of fused-ring (bicyclic) bond motifs is 2. The number of carbonyl (C=O) groups excluding carboxylic acids is 1. The van der Waals surface area contributed by atoms with Gasteiger partial charge < -0.3 is 9.32 Å². The van der Waals surface area contributed by atoms with E-state index in [2.05, 4.69) is 4.98 Å². The van der Waals surface area contributed by atoms with Crippen molar-refractivity contribution in [1.29, 1.82) is 0 Å². The van der Waals surface area contributed by atoms with Gasteiger partial charge >= 0.3 is 0 Å². The van der Waals surface area contributed by atoms with Gasteiger partial charge in [0.2, 0.25) is 5.76 Å². The zero-order valence-electron chi connectivity index (χ0n) is 13.7. The Labute approximate surface area is 148 Å². The Bertz CT molecular complexity index is 1060. The molecular weight excluding hydrogens is 340 g/mol. The molecule has 0 radical (unpaired) electrons. The van der Waals surface area contributed by atoms with Crippen molar-refractivity contribution in [3.8, 4) is 0 Å². The molecule has 2 aromatic heterocycles. The molecule has 1 unspecified atom stereocenters. The molecule has 1 aromatic carbocycles. The number of hydrogen-bond acceptors (Lipinski definition) is 4. The van der Waals surface area contributed by atoms with Crippen molar-refractivity contribution in [3.05, 3.63) is 74.4 Å². The number of aryl methyl sites for hydroxylation is 1. The van der Waals surface area contributed by atoms with Crippen molar-refractivity contribution in [2.45, 2.75) is 19.9 Å². The second kappa shape index (κ2) is 5.70.